The van der Waals surface area contributed by atoms with Crippen molar-refractivity contribution in [2.45, 2.75) is 88.6 Å². The molecular weight excluding hydrogens is 894 g/mol. The summed E-state index contributed by atoms with van der Waals surface area (Å²) in [6, 6.07) is 21.9. The Morgan fingerprint density at radius 3 is 1.47 bits per heavy atom. The molecule has 0 saturated heterocycles. The number of pyridine rings is 2. The monoisotopic (exact) mass is 952 g/mol. The molecule has 0 bridgehead atoms. The van der Waals surface area contributed by atoms with Gasteiger partial charge in [0.25, 0.3) is 0 Å². The van der Waals surface area contributed by atoms with E-state index >= 15 is 8.78 Å². The van der Waals surface area contributed by atoms with Gasteiger partial charge in [-0.25, -0.2) is 8.78 Å². The summed E-state index contributed by atoms with van der Waals surface area (Å²) in [6.45, 7) is 10.2. The summed E-state index contributed by atoms with van der Waals surface area (Å²) in [6.07, 6.45) is 6.34. The van der Waals surface area contributed by atoms with E-state index in [2.05, 4.69) is 9.97 Å². The van der Waals surface area contributed by atoms with E-state index in [9.17, 15) is 14.7 Å². The van der Waals surface area contributed by atoms with Gasteiger partial charge < -0.3 is 45.1 Å². The number of benzene rings is 4. The van der Waals surface area contributed by atoms with Crippen molar-refractivity contribution in [2.75, 3.05) is 6.61 Å². The van der Waals surface area contributed by atoms with Crippen LogP contribution >= 0.6 is 0 Å². The number of carboxylic acid groups (broad SMARTS) is 1. The third-order valence-corrected chi connectivity index (χ3v) is 11.0. The first-order chi connectivity index (χ1) is 31.8. The van der Waals surface area contributed by atoms with Gasteiger partial charge in [0.2, 0.25) is 0 Å². The molecule has 0 fully saturated rings. The Hall–Kier alpha value is -6.86. The zero-order valence-electron chi connectivity index (χ0n) is 38.7. The van der Waals surface area contributed by atoms with Crippen LogP contribution in [0.1, 0.15) is 77.7 Å². The molecule has 4 heterocycles. The fraction of sp³-hybridized carbons (Fsp3) is 0.259. The number of esters is 1. The summed E-state index contributed by atoms with van der Waals surface area (Å²) in [5, 5.41) is 10.9. The van der Waals surface area contributed by atoms with Crippen molar-refractivity contribution in [3.05, 3.63) is 165 Å². The molecule has 0 saturated carbocycles. The van der Waals surface area contributed by atoms with Crippen molar-refractivity contribution < 1.29 is 70.9 Å². The quantitative estimate of drug-likeness (QED) is 0.0651. The average Bonchev–Trinajstić information content (AvgIpc) is 3.87. The number of aromatic nitrogens is 2. The number of hydrogen-bond donors (Lipinski definition) is 3. The Balaban J connectivity index is 0.000000351. The number of carboxylic acids is 1. The standard InChI is InChI=1S/C27H27FN2O4.C25H23FN2O4.2CH4.Li.H2O/c1-4-32-25(31)12-19-6-5-16(2)9-24(19)33-15-18-10-21-17(3)14-34-27(21)22(11-18)20-7-8-30-23(13-29)26(20)28;1-14-3-4-17(10-23(29)30)22(7-14)31-13-16-8-19-15(2)12-32-25(19)20(9-16)18-5-6-28-21(11-27)24(18)26;;;;/h5-11,14H,4,12-13,15,29H2,1-3H3;3-9,12H,10-11,13,27H2,1-2H3,(H,29,30);2*1H4;;1H2/q;;;;+1;/p-1. The Morgan fingerprint density at radius 2 is 1.07 bits per heavy atom. The SMILES string of the molecule is C.C.CCOC(=O)Cc1ccc(C)cc1OCc1cc(-c2ccnc(CN)c2F)c2occ(C)c2c1.Cc1ccc(CC(=O)O)c(OCc2cc(-c3ccnc(CN)c3F)c3occ(C)c3c2)c1.[Li+].[OH-]. The minimum absolute atomic E-state index is 0. The van der Waals surface area contributed by atoms with Crippen molar-refractivity contribution in [3.8, 4) is 33.8 Å². The van der Waals surface area contributed by atoms with Crippen LogP contribution in [0.4, 0.5) is 8.78 Å². The van der Waals surface area contributed by atoms with E-state index in [4.69, 9.17) is 34.5 Å². The molecule has 6 N–H and O–H groups in total. The number of aliphatic carboxylic acids is 1. The maximum atomic E-state index is 15.1. The van der Waals surface area contributed by atoms with Gasteiger partial charge >= 0.3 is 30.8 Å². The van der Waals surface area contributed by atoms with Crippen LogP contribution in [0, 0.1) is 39.3 Å². The summed E-state index contributed by atoms with van der Waals surface area (Å²) in [7, 11) is 0. The molecule has 0 aliphatic rings. The van der Waals surface area contributed by atoms with E-state index in [0.29, 0.717) is 57.1 Å². The number of halogens is 2. The largest absolute Gasteiger partial charge is 1.00 e. The minimum atomic E-state index is -0.930. The number of carbonyl (C=O) groups excluding carboxylic acids is 1. The molecule has 4 aromatic heterocycles. The number of fused-ring (bicyclic) bond motifs is 2. The van der Waals surface area contributed by atoms with Crippen molar-refractivity contribution in [2.24, 2.45) is 11.5 Å². The molecule has 13 nitrogen and oxygen atoms in total. The first-order valence-electron chi connectivity index (χ1n) is 21.3. The number of nitrogens with zero attached hydrogens (tertiary/aromatic N) is 2. The third kappa shape index (κ3) is 13.1. The zero-order valence-corrected chi connectivity index (χ0v) is 38.7. The first kappa shape index (κ1) is 57.5. The normalized spacial score (nSPS) is 10.5. The number of ether oxygens (including phenoxy) is 3. The van der Waals surface area contributed by atoms with Crippen molar-refractivity contribution in [1.29, 1.82) is 0 Å². The Kier molecular flexibility index (Phi) is 21.1. The van der Waals surface area contributed by atoms with Crippen LogP contribution in [-0.4, -0.2) is 39.1 Å². The van der Waals surface area contributed by atoms with Crippen molar-refractivity contribution in [3.63, 3.8) is 0 Å². The number of rotatable bonds is 15. The minimum Gasteiger partial charge on any atom is -0.870 e. The molecule has 0 radical (unpaired) electrons. The molecule has 0 amide bonds. The second kappa shape index (κ2) is 25.7. The summed E-state index contributed by atoms with van der Waals surface area (Å²) in [5.74, 6) is -1.06. The fourth-order valence-corrected chi connectivity index (χ4v) is 7.62. The summed E-state index contributed by atoms with van der Waals surface area (Å²) in [5.41, 5.74) is 21.5. The van der Waals surface area contributed by atoms with Gasteiger partial charge in [-0.05, 0) is 117 Å². The molecule has 70 heavy (non-hydrogen) atoms. The molecule has 0 spiro atoms. The number of hydrogen-bond acceptors (Lipinski definition) is 12. The number of nitrogens with two attached hydrogens (primary N) is 2. The van der Waals surface area contributed by atoms with Gasteiger partial charge in [0, 0.05) is 69.6 Å². The average molecular weight is 953 g/mol. The number of aryl methyl sites for hydroxylation is 4. The maximum Gasteiger partial charge on any atom is 1.00 e. The van der Waals surface area contributed by atoms with Crippen LogP contribution in [0.5, 0.6) is 11.5 Å². The Morgan fingerprint density at radius 1 is 0.643 bits per heavy atom. The van der Waals surface area contributed by atoms with Crippen LogP contribution in [-0.2, 0) is 53.5 Å². The second-order valence-electron chi connectivity index (χ2n) is 15.9. The number of carbonyl (C=O) groups is 2. The molecule has 0 unspecified atom stereocenters. The summed E-state index contributed by atoms with van der Waals surface area (Å²) in [4.78, 5) is 31.3. The predicted octanol–water partition coefficient (Wildman–Crippen LogP) is 8.41. The molecule has 8 rings (SSSR count). The molecule has 0 atom stereocenters. The molecule has 8 aromatic rings. The van der Waals surface area contributed by atoms with Crippen LogP contribution in [0.3, 0.4) is 0 Å². The van der Waals surface area contributed by atoms with Crippen molar-refractivity contribution >= 4 is 33.9 Å². The summed E-state index contributed by atoms with van der Waals surface area (Å²) >= 11 is 0. The van der Waals surface area contributed by atoms with Gasteiger partial charge in [0.15, 0.2) is 11.6 Å². The van der Waals surface area contributed by atoms with Gasteiger partial charge in [0.1, 0.15) is 35.9 Å². The molecule has 0 aliphatic carbocycles. The van der Waals surface area contributed by atoms with Gasteiger partial charge in [-0.2, -0.15) is 0 Å². The fourth-order valence-electron chi connectivity index (χ4n) is 7.62. The molecule has 16 heteroatoms. The van der Waals surface area contributed by atoms with Crippen molar-refractivity contribution in [1.82, 2.24) is 9.97 Å². The maximum absolute atomic E-state index is 15.1. The van der Waals surface area contributed by atoms with E-state index in [1.165, 1.54) is 6.20 Å². The summed E-state index contributed by atoms with van der Waals surface area (Å²) < 4.78 is 58.9. The third-order valence-electron chi connectivity index (χ3n) is 11.0. The predicted molar refractivity (Wildman–Crippen MR) is 262 cm³/mol. The van der Waals surface area contributed by atoms with Crippen LogP contribution in [0.15, 0.2) is 107 Å². The molecule has 364 valence electrons. The van der Waals surface area contributed by atoms with Gasteiger partial charge in [-0.3, -0.25) is 19.6 Å². The number of furan rings is 2. The topological polar surface area (TPSA) is 216 Å². The van der Waals surface area contributed by atoms with Crippen LogP contribution in [0.2, 0.25) is 0 Å². The van der Waals surface area contributed by atoms with E-state index in [1.807, 2.05) is 82.3 Å². The molecule has 4 aromatic carbocycles. The van der Waals surface area contributed by atoms with Crippen LogP contribution in [0.25, 0.3) is 44.2 Å². The first-order valence-corrected chi connectivity index (χ1v) is 21.3. The van der Waals surface area contributed by atoms with E-state index < -0.39 is 17.6 Å². The molecular formula is C54H59F2LiN4O9. The van der Waals surface area contributed by atoms with Crippen LogP contribution < -0.4 is 39.8 Å². The van der Waals surface area contributed by atoms with E-state index in [-0.39, 0.29) is 95.7 Å². The Bertz CT molecular complexity index is 3080. The van der Waals surface area contributed by atoms with Gasteiger partial charge in [-0.1, -0.05) is 39.1 Å². The van der Waals surface area contributed by atoms with Gasteiger partial charge in [0.05, 0.1) is 43.4 Å². The van der Waals surface area contributed by atoms with Gasteiger partial charge in [-0.15, -0.1) is 0 Å². The van der Waals surface area contributed by atoms with E-state index in [0.717, 1.165) is 49.7 Å². The Labute approximate surface area is 418 Å². The smallest absolute Gasteiger partial charge is 0.870 e. The second-order valence-corrected chi connectivity index (χ2v) is 15.9. The molecule has 0 aliphatic heterocycles. The zero-order chi connectivity index (χ0) is 47.1. The van der Waals surface area contributed by atoms with E-state index in [1.54, 1.807) is 43.8 Å².